The van der Waals surface area contributed by atoms with Crippen LogP contribution in [0, 0.1) is 23.7 Å². The molecule has 0 bridgehead atoms. The van der Waals surface area contributed by atoms with E-state index in [1.807, 2.05) is 0 Å². The zero-order valence-electron chi connectivity index (χ0n) is 14.6. The van der Waals surface area contributed by atoms with Gasteiger partial charge in [-0.15, -0.1) is 11.8 Å². The lowest BCUT2D eigenvalue weighted by molar-refractivity contribution is -0.137. The Morgan fingerprint density at radius 1 is 0.900 bits per heavy atom. The van der Waals surface area contributed by atoms with Crippen LogP contribution < -0.4 is 0 Å². The monoisotopic (exact) mass is 278 g/mol. The zero-order chi connectivity index (χ0) is 16.7. The minimum atomic E-state index is -1.70. The number of aliphatic carboxylic acids is 1. The summed E-state index contributed by atoms with van der Waals surface area (Å²) in [4.78, 5) is 10.3. The maximum atomic E-state index is 10.3. The molecule has 0 rings (SSSR count). The van der Waals surface area contributed by atoms with Crippen molar-refractivity contribution in [3.05, 3.63) is 0 Å². The van der Waals surface area contributed by atoms with Gasteiger partial charge in [-0.05, 0) is 19.3 Å². The normalized spacial score (nSPS) is 11.4. The van der Waals surface area contributed by atoms with Crippen molar-refractivity contribution in [3.63, 3.8) is 0 Å². The summed E-state index contributed by atoms with van der Waals surface area (Å²) in [5.41, 5.74) is 0. The fourth-order valence-corrected chi connectivity index (χ4v) is 1.73. The van der Waals surface area contributed by atoms with E-state index in [1.54, 1.807) is 0 Å². The molecule has 20 heavy (non-hydrogen) atoms. The molecule has 112 valence electrons. The molecule has 0 saturated carbocycles. The maximum Gasteiger partial charge on any atom is 0.303 e. The SMILES string of the molecule is [2H]C([2H])(C#CCCCCC)C#CCCCCCCCC(=O)O. The molecule has 0 aromatic heterocycles. The van der Waals surface area contributed by atoms with Crippen molar-refractivity contribution in [1.29, 1.82) is 0 Å². The largest absolute Gasteiger partial charge is 0.481 e. The Balaban J connectivity index is 3.72. The number of hydrogen-bond acceptors (Lipinski definition) is 1. The quantitative estimate of drug-likeness (QED) is 0.461. The Bertz CT molecular complexity index is 422. The highest BCUT2D eigenvalue weighted by molar-refractivity contribution is 5.66. The summed E-state index contributed by atoms with van der Waals surface area (Å²) in [5.74, 6) is 10.2. The average Bonchev–Trinajstić information content (AvgIpc) is 2.45. The topological polar surface area (TPSA) is 37.3 Å². The first-order valence-electron chi connectivity index (χ1n) is 8.70. The van der Waals surface area contributed by atoms with Gasteiger partial charge in [-0.3, -0.25) is 4.79 Å². The van der Waals surface area contributed by atoms with Gasteiger partial charge in [0.25, 0.3) is 0 Å². The summed E-state index contributed by atoms with van der Waals surface area (Å²) < 4.78 is 15.4. The number of carboxylic acids is 1. The van der Waals surface area contributed by atoms with E-state index in [0.29, 0.717) is 6.42 Å². The van der Waals surface area contributed by atoms with Crippen LogP contribution in [0.4, 0.5) is 0 Å². The molecule has 2 heteroatoms. The molecule has 0 atom stereocenters. The van der Waals surface area contributed by atoms with Crippen molar-refractivity contribution in [2.45, 2.75) is 83.9 Å². The first kappa shape index (κ1) is 15.0. The second kappa shape index (κ2) is 15.6. The van der Waals surface area contributed by atoms with Crippen LogP contribution >= 0.6 is 0 Å². The Kier molecular flexibility index (Phi) is 11.7. The Morgan fingerprint density at radius 3 is 2.05 bits per heavy atom. The van der Waals surface area contributed by atoms with Gasteiger partial charge in [0.15, 0.2) is 0 Å². The van der Waals surface area contributed by atoms with E-state index in [1.165, 1.54) is 0 Å². The zero-order valence-corrected chi connectivity index (χ0v) is 12.6. The smallest absolute Gasteiger partial charge is 0.303 e. The molecule has 0 aliphatic heterocycles. The molecule has 2 nitrogen and oxygen atoms in total. The summed E-state index contributed by atoms with van der Waals surface area (Å²) in [6, 6.07) is 0. The van der Waals surface area contributed by atoms with Crippen LogP contribution in [0.5, 0.6) is 0 Å². The molecule has 0 radical (unpaired) electrons. The van der Waals surface area contributed by atoms with Crippen LogP contribution in [0.25, 0.3) is 0 Å². The van der Waals surface area contributed by atoms with Crippen LogP contribution in [0.3, 0.4) is 0 Å². The highest BCUT2D eigenvalue weighted by Gasteiger charge is 1.95. The van der Waals surface area contributed by atoms with E-state index < -0.39 is 12.3 Å². The van der Waals surface area contributed by atoms with Gasteiger partial charge in [-0.2, -0.15) is 0 Å². The van der Waals surface area contributed by atoms with Gasteiger partial charge in [0.1, 0.15) is 0 Å². The predicted octanol–water partition coefficient (Wildman–Crippen LogP) is 4.78. The fourth-order valence-electron chi connectivity index (χ4n) is 1.73. The van der Waals surface area contributed by atoms with E-state index >= 15 is 0 Å². The average molecular weight is 278 g/mol. The lowest BCUT2D eigenvalue weighted by Gasteiger charge is -1.97. The van der Waals surface area contributed by atoms with Crippen LogP contribution in [0.1, 0.15) is 86.7 Å². The van der Waals surface area contributed by atoms with E-state index in [9.17, 15) is 4.79 Å². The summed E-state index contributed by atoms with van der Waals surface area (Å²) in [6.45, 7) is 2.13. The summed E-state index contributed by atoms with van der Waals surface area (Å²) in [6.07, 6.45) is 7.89. The molecule has 0 spiro atoms. The first-order chi connectivity index (χ1) is 10.5. The van der Waals surface area contributed by atoms with Crippen molar-refractivity contribution >= 4 is 5.97 Å². The summed E-state index contributed by atoms with van der Waals surface area (Å²) >= 11 is 0. The third kappa shape index (κ3) is 16.6. The van der Waals surface area contributed by atoms with Gasteiger partial charge in [0.05, 0.1) is 9.11 Å². The highest BCUT2D eigenvalue weighted by atomic mass is 16.4. The Morgan fingerprint density at radius 2 is 1.45 bits per heavy atom. The molecule has 0 fully saturated rings. The number of carboxylic acid groups (broad SMARTS) is 1. The highest BCUT2D eigenvalue weighted by Crippen LogP contribution is 2.06. The predicted molar refractivity (Wildman–Crippen MR) is 84.3 cm³/mol. The summed E-state index contributed by atoms with van der Waals surface area (Å²) in [7, 11) is 0. The van der Waals surface area contributed by atoms with E-state index in [-0.39, 0.29) is 6.42 Å². The third-order valence-corrected chi connectivity index (χ3v) is 2.90. The number of rotatable bonds is 10. The number of hydrogen-bond donors (Lipinski definition) is 1. The van der Waals surface area contributed by atoms with Gasteiger partial charge < -0.3 is 5.11 Å². The van der Waals surface area contributed by atoms with Gasteiger partial charge in [0, 0.05) is 19.3 Å². The van der Waals surface area contributed by atoms with Gasteiger partial charge >= 0.3 is 5.97 Å². The molecule has 0 saturated heterocycles. The lowest BCUT2D eigenvalue weighted by Crippen LogP contribution is -1.93. The van der Waals surface area contributed by atoms with E-state index in [4.69, 9.17) is 7.85 Å². The molecule has 0 unspecified atom stereocenters. The van der Waals surface area contributed by atoms with Crippen LogP contribution in [0.2, 0.25) is 0 Å². The molecule has 1 N–H and O–H groups in total. The minimum absolute atomic E-state index is 0.247. The number of carbonyl (C=O) groups is 1. The fraction of sp³-hybridized carbons (Fsp3) is 0.722. The van der Waals surface area contributed by atoms with Crippen molar-refractivity contribution in [1.82, 2.24) is 0 Å². The van der Waals surface area contributed by atoms with Crippen molar-refractivity contribution < 1.29 is 12.6 Å². The van der Waals surface area contributed by atoms with E-state index in [0.717, 1.165) is 57.8 Å². The van der Waals surface area contributed by atoms with Crippen LogP contribution in [-0.4, -0.2) is 11.1 Å². The molecule has 0 aliphatic rings. The molecule has 0 aliphatic carbocycles. The Labute approximate surface area is 127 Å². The lowest BCUT2D eigenvalue weighted by atomic mass is 10.1. The molecule has 0 aromatic rings. The minimum Gasteiger partial charge on any atom is -0.481 e. The van der Waals surface area contributed by atoms with Crippen molar-refractivity contribution in [3.8, 4) is 23.7 Å². The van der Waals surface area contributed by atoms with Crippen molar-refractivity contribution in [2.75, 3.05) is 0 Å². The molecule has 0 heterocycles. The number of unbranched alkanes of at least 4 members (excludes halogenated alkanes) is 8. The van der Waals surface area contributed by atoms with Gasteiger partial charge in [-0.25, -0.2) is 0 Å². The first-order valence-corrected chi connectivity index (χ1v) is 7.70. The molecule has 0 amide bonds. The molecular formula is C18H28O2. The van der Waals surface area contributed by atoms with Gasteiger partial charge in [0.2, 0.25) is 0 Å². The Hall–Kier alpha value is -1.41. The second-order valence-electron chi connectivity index (χ2n) is 4.85. The van der Waals surface area contributed by atoms with Crippen LogP contribution in [0.15, 0.2) is 0 Å². The van der Waals surface area contributed by atoms with Gasteiger partial charge in [-0.1, -0.05) is 50.9 Å². The standard InChI is InChI=1S/C18H28O2/c1-2-3-4-5-6-7-8-9-10-11-12-13-14-15-16-17-18(19)20/h2-5,8,11-17H2,1H3,(H,19,20)/i8D2. The second-order valence-corrected chi connectivity index (χ2v) is 4.85. The maximum absolute atomic E-state index is 10.3. The van der Waals surface area contributed by atoms with E-state index in [2.05, 4.69) is 30.6 Å². The van der Waals surface area contributed by atoms with Crippen LogP contribution in [-0.2, 0) is 4.79 Å². The molecular weight excluding hydrogens is 248 g/mol. The summed E-state index contributed by atoms with van der Waals surface area (Å²) in [5, 5.41) is 8.50. The van der Waals surface area contributed by atoms with Crippen molar-refractivity contribution in [2.24, 2.45) is 0 Å². The third-order valence-electron chi connectivity index (χ3n) is 2.90. The molecule has 0 aromatic carbocycles.